The van der Waals surface area contributed by atoms with Crippen LogP contribution in [0, 0.1) is 17.8 Å². The highest BCUT2D eigenvalue weighted by molar-refractivity contribution is 4.81. The quantitative estimate of drug-likeness (QED) is 0.764. The Bertz CT molecular complexity index is 312. The molecule has 2 fully saturated rings. The molecule has 3 nitrogen and oxygen atoms in total. The van der Waals surface area contributed by atoms with Crippen molar-refractivity contribution in [3.63, 3.8) is 0 Å². The number of hydrogen-bond donors (Lipinski definition) is 1. The Morgan fingerprint density at radius 2 is 1.86 bits per heavy atom. The Balaban J connectivity index is 1.79. The van der Waals surface area contributed by atoms with Crippen molar-refractivity contribution >= 4 is 0 Å². The van der Waals surface area contributed by atoms with Crippen LogP contribution in [0.5, 0.6) is 0 Å². The Morgan fingerprint density at radius 3 is 2.48 bits per heavy atom. The number of likely N-dealkylation sites (N-methyl/N-ethyl adjacent to an activating group) is 1. The van der Waals surface area contributed by atoms with E-state index in [-0.39, 0.29) is 6.10 Å². The van der Waals surface area contributed by atoms with Gasteiger partial charge >= 0.3 is 0 Å². The summed E-state index contributed by atoms with van der Waals surface area (Å²) >= 11 is 0. The normalized spacial score (nSPS) is 34.3. The summed E-state index contributed by atoms with van der Waals surface area (Å²) in [5, 5.41) is 10.4. The van der Waals surface area contributed by atoms with Gasteiger partial charge in [0.15, 0.2) is 0 Å². The van der Waals surface area contributed by atoms with E-state index < -0.39 is 0 Å². The zero-order valence-electron chi connectivity index (χ0n) is 14.6. The molecule has 0 bridgehead atoms. The van der Waals surface area contributed by atoms with Gasteiger partial charge in [0.05, 0.1) is 32.8 Å². The smallest absolute Gasteiger partial charge is 0.126 e. The molecule has 3 heteroatoms. The van der Waals surface area contributed by atoms with Gasteiger partial charge in [0.1, 0.15) is 12.6 Å². The summed E-state index contributed by atoms with van der Waals surface area (Å²) in [6.45, 7) is 10.8. The zero-order valence-corrected chi connectivity index (χ0v) is 14.6. The Labute approximate surface area is 131 Å². The molecule has 1 saturated carbocycles. The van der Waals surface area contributed by atoms with E-state index in [9.17, 15) is 5.11 Å². The molecule has 0 unspecified atom stereocenters. The molecule has 0 aromatic rings. The van der Waals surface area contributed by atoms with Crippen LogP contribution in [0.4, 0.5) is 0 Å². The van der Waals surface area contributed by atoms with Crippen LogP contribution in [0.25, 0.3) is 0 Å². The van der Waals surface area contributed by atoms with Gasteiger partial charge in [-0.3, -0.25) is 0 Å². The maximum atomic E-state index is 10.4. The van der Waals surface area contributed by atoms with Gasteiger partial charge in [-0.05, 0) is 30.6 Å². The minimum Gasteiger partial charge on any atom is -0.385 e. The van der Waals surface area contributed by atoms with Gasteiger partial charge in [-0.1, -0.05) is 27.2 Å². The molecule has 0 spiro atoms. The van der Waals surface area contributed by atoms with E-state index in [0.717, 1.165) is 16.9 Å². The fourth-order valence-corrected chi connectivity index (χ4v) is 4.38. The molecule has 1 saturated heterocycles. The number of nitrogens with zero attached hydrogens (tertiary/aromatic N) is 1. The number of likely N-dealkylation sites (tertiary alicyclic amines) is 1. The van der Waals surface area contributed by atoms with Crippen LogP contribution in [0.2, 0.25) is 0 Å². The zero-order chi connectivity index (χ0) is 15.5. The highest BCUT2D eigenvalue weighted by atomic mass is 16.5. The van der Waals surface area contributed by atoms with Gasteiger partial charge in [0.2, 0.25) is 0 Å². The van der Waals surface area contributed by atoms with Crippen LogP contribution in [-0.2, 0) is 4.74 Å². The standard InChI is InChI=1S/C18H36NO2/c1-14(2)17-8-7-15(3)11-18(17)21-13-16(20)12-19(4)9-5-6-10-19/h14-18,20H,5-13H2,1-4H3/q+1/t15-,16+,17-,18-/m1/s1. The average Bonchev–Trinajstić information content (AvgIpc) is 2.82. The number of hydrogen-bond acceptors (Lipinski definition) is 2. The van der Waals surface area contributed by atoms with Crippen molar-refractivity contribution < 1.29 is 14.3 Å². The van der Waals surface area contributed by atoms with Crippen LogP contribution in [0.1, 0.15) is 52.9 Å². The van der Waals surface area contributed by atoms with Crippen molar-refractivity contribution in [2.75, 3.05) is 33.3 Å². The fraction of sp³-hybridized carbons (Fsp3) is 1.00. The lowest BCUT2D eigenvalue weighted by molar-refractivity contribution is -0.900. The SMILES string of the molecule is CC(C)[C@H]1CC[C@@H](C)C[C@H]1OC[C@@H](O)C[N+]1(C)CCCC1. The third-order valence-corrected chi connectivity index (χ3v) is 5.76. The lowest BCUT2D eigenvalue weighted by Crippen LogP contribution is -2.48. The highest BCUT2D eigenvalue weighted by Gasteiger charge is 2.33. The van der Waals surface area contributed by atoms with Crippen LogP contribution in [0.3, 0.4) is 0 Å². The molecule has 0 amide bonds. The Hall–Kier alpha value is -0.120. The molecule has 1 N–H and O–H groups in total. The lowest BCUT2D eigenvalue weighted by atomic mass is 9.75. The molecule has 1 aliphatic heterocycles. The fourth-order valence-electron chi connectivity index (χ4n) is 4.38. The van der Waals surface area contributed by atoms with E-state index in [0.29, 0.717) is 24.5 Å². The predicted octanol–water partition coefficient (Wildman–Crippen LogP) is 3.07. The van der Waals surface area contributed by atoms with Crippen LogP contribution in [0.15, 0.2) is 0 Å². The van der Waals surface area contributed by atoms with Gasteiger partial charge in [0.25, 0.3) is 0 Å². The minimum atomic E-state index is -0.307. The second kappa shape index (κ2) is 7.43. The average molecular weight is 298 g/mol. The highest BCUT2D eigenvalue weighted by Crippen LogP contribution is 2.35. The minimum absolute atomic E-state index is 0.307. The topological polar surface area (TPSA) is 29.5 Å². The molecule has 1 heterocycles. The number of ether oxygens (including phenoxy) is 1. The Kier molecular flexibility index (Phi) is 6.10. The molecule has 1 aliphatic carbocycles. The van der Waals surface area contributed by atoms with E-state index in [1.165, 1.54) is 45.2 Å². The monoisotopic (exact) mass is 298 g/mol. The number of rotatable bonds is 6. The molecule has 124 valence electrons. The van der Waals surface area contributed by atoms with E-state index in [1.807, 2.05) is 0 Å². The molecule has 0 radical (unpaired) electrons. The molecule has 4 atom stereocenters. The number of quaternary nitrogens is 1. The molecule has 0 aromatic heterocycles. The maximum Gasteiger partial charge on any atom is 0.126 e. The van der Waals surface area contributed by atoms with Crippen molar-refractivity contribution in [1.82, 2.24) is 0 Å². The largest absolute Gasteiger partial charge is 0.385 e. The van der Waals surface area contributed by atoms with Gasteiger partial charge in [0, 0.05) is 12.8 Å². The first-order valence-corrected chi connectivity index (χ1v) is 9.03. The second-order valence-corrected chi connectivity index (χ2v) is 8.31. The summed E-state index contributed by atoms with van der Waals surface area (Å²) in [6.07, 6.45) is 6.44. The lowest BCUT2D eigenvalue weighted by Gasteiger charge is -2.38. The summed E-state index contributed by atoms with van der Waals surface area (Å²) in [4.78, 5) is 0. The van der Waals surface area contributed by atoms with Crippen molar-refractivity contribution in [2.24, 2.45) is 17.8 Å². The summed E-state index contributed by atoms with van der Waals surface area (Å²) in [5.74, 6) is 2.12. The first kappa shape index (κ1) is 17.2. The molecular weight excluding hydrogens is 262 g/mol. The summed E-state index contributed by atoms with van der Waals surface area (Å²) in [7, 11) is 2.27. The van der Waals surface area contributed by atoms with Gasteiger partial charge in [-0.2, -0.15) is 0 Å². The van der Waals surface area contributed by atoms with Gasteiger partial charge < -0.3 is 14.3 Å². The second-order valence-electron chi connectivity index (χ2n) is 8.31. The first-order chi connectivity index (χ1) is 9.89. The maximum absolute atomic E-state index is 10.4. The van der Waals surface area contributed by atoms with Gasteiger partial charge in [-0.25, -0.2) is 0 Å². The van der Waals surface area contributed by atoms with E-state index in [1.54, 1.807) is 0 Å². The molecule has 2 aliphatic rings. The van der Waals surface area contributed by atoms with Crippen LogP contribution >= 0.6 is 0 Å². The van der Waals surface area contributed by atoms with Crippen molar-refractivity contribution in [2.45, 2.75) is 65.1 Å². The van der Waals surface area contributed by atoms with E-state index in [2.05, 4.69) is 27.8 Å². The third-order valence-electron chi connectivity index (χ3n) is 5.76. The molecule has 0 aromatic carbocycles. The third kappa shape index (κ3) is 4.94. The number of aliphatic hydroxyl groups excluding tert-OH is 1. The first-order valence-electron chi connectivity index (χ1n) is 9.03. The summed E-state index contributed by atoms with van der Waals surface area (Å²) < 4.78 is 7.21. The molecule has 2 rings (SSSR count). The molecular formula is C18H36NO2+. The van der Waals surface area contributed by atoms with Crippen LogP contribution in [-0.4, -0.2) is 55.1 Å². The van der Waals surface area contributed by atoms with Crippen molar-refractivity contribution in [3.05, 3.63) is 0 Å². The summed E-state index contributed by atoms with van der Waals surface area (Å²) in [6, 6.07) is 0. The molecule has 21 heavy (non-hydrogen) atoms. The summed E-state index contributed by atoms with van der Waals surface area (Å²) in [5.41, 5.74) is 0. The van der Waals surface area contributed by atoms with Gasteiger partial charge in [-0.15, -0.1) is 0 Å². The predicted molar refractivity (Wildman–Crippen MR) is 87.1 cm³/mol. The Morgan fingerprint density at radius 1 is 1.19 bits per heavy atom. The van der Waals surface area contributed by atoms with E-state index >= 15 is 0 Å². The number of aliphatic hydroxyl groups is 1. The van der Waals surface area contributed by atoms with Crippen molar-refractivity contribution in [1.29, 1.82) is 0 Å². The van der Waals surface area contributed by atoms with E-state index in [4.69, 9.17) is 4.74 Å². The van der Waals surface area contributed by atoms with Crippen molar-refractivity contribution in [3.8, 4) is 0 Å². The van der Waals surface area contributed by atoms with Crippen LogP contribution < -0.4 is 0 Å².